The predicted molar refractivity (Wildman–Crippen MR) is 77.7 cm³/mol. The highest BCUT2D eigenvalue weighted by Crippen LogP contribution is 2.32. The second-order valence-electron chi connectivity index (χ2n) is 4.12. The number of benzene rings is 1. The van der Waals surface area contributed by atoms with Gasteiger partial charge in [0.2, 0.25) is 0 Å². The average Bonchev–Trinajstić information content (AvgIpc) is 2.75. The van der Waals surface area contributed by atoms with Gasteiger partial charge in [0.1, 0.15) is 12.3 Å². The van der Waals surface area contributed by atoms with Gasteiger partial charge in [-0.05, 0) is 35.5 Å². The highest BCUT2D eigenvalue weighted by molar-refractivity contribution is 8.18. The molecule has 1 saturated heterocycles. The van der Waals surface area contributed by atoms with Crippen molar-refractivity contribution in [1.82, 2.24) is 4.90 Å². The van der Waals surface area contributed by atoms with Crippen LogP contribution < -0.4 is 4.74 Å². The Balaban J connectivity index is 2.17. The molecule has 0 saturated carbocycles. The molecule has 0 unspecified atom stereocenters. The van der Waals surface area contributed by atoms with Crippen molar-refractivity contribution in [2.45, 2.75) is 0 Å². The number of methoxy groups -OCH3 is 2. The largest absolute Gasteiger partial charge is 0.497 e. The summed E-state index contributed by atoms with van der Waals surface area (Å²) in [4.78, 5) is 36.1. The summed E-state index contributed by atoms with van der Waals surface area (Å²) in [5, 5.41) is -0.481. The van der Waals surface area contributed by atoms with Crippen LogP contribution in [0.25, 0.3) is 6.08 Å². The number of hydrogen-bond acceptors (Lipinski definition) is 6. The van der Waals surface area contributed by atoms with E-state index < -0.39 is 17.1 Å². The molecule has 0 N–H and O–H groups in total. The SMILES string of the molecule is COC(=O)CN1C(=O)S/C(=C\c2ccc(OC)cc2)C1=O. The summed E-state index contributed by atoms with van der Waals surface area (Å²) in [5.41, 5.74) is 0.763. The van der Waals surface area contributed by atoms with Crippen LogP contribution in [0.3, 0.4) is 0 Å². The predicted octanol–water partition coefficient (Wildman–Crippen LogP) is 1.90. The molecule has 1 aromatic carbocycles. The Morgan fingerprint density at radius 2 is 1.90 bits per heavy atom. The van der Waals surface area contributed by atoms with Crippen LogP contribution in [-0.2, 0) is 14.3 Å². The van der Waals surface area contributed by atoms with Gasteiger partial charge in [0.15, 0.2) is 0 Å². The minimum atomic E-state index is -0.636. The lowest BCUT2D eigenvalue weighted by atomic mass is 10.2. The summed E-state index contributed by atoms with van der Waals surface area (Å²) in [5.74, 6) is -0.430. The molecule has 110 valence electrons. The molecule has 1 heterocycles. The van der Waals surface area contributed by atoms with Gasteiger partial charge in [-0.3, -0.25) is 19.3 Å². The Labute approximate surface area is 125 Å². The first-order chi connectivity index (χ1) is 10.0. The second-order valence-corrected chi connectivity index (χ2v) is 5.11. The van der Waals surface area contributed by atoms with E-state index in [2.05, 4.69) is 4.74 Å². The van der Waals surface area contributed by atoms with E-state index in [9.17, 15) is 14.4 Å². The molecule has 1 aliphatic heterocycles. The summed E-state index contributed by atoms with van der Waals surface area (Å²) >= 11 is 0.799. The molecule has 1 fully saturated rings. The zero-order valence-corrected chi connectivity index (χ0v) is 12.3. The maximum atomic E-state index is 12.1. The van der Waals surface area contributed by atoms with Gasteiger partial charge >= 0.3 is 5.97 Å². The number of hydrogen-bond donors (Lipinski definition) is 0. The number of nitrogens with zero attached hydrogens (tertiary/aromatic N) is 1. The van der Waals surface area contributed by atoms with Gasteiger partial charge in [0, 0.05) is 0 Å². The number of esters is 1. The quantitative estimate of drug-likeness (QED) is 0.625. The van der Waals surface area contributed by atoms with Gasteiger partial charge in [-0.15, -0.1) is 0 Å². The molecule has 0 atom stereocenters. The Morgan fingerprint density at radius 3 is 2.48 bits per heavy atom. The highest BCUT2D eigenvalue weighted by atomic mass is 32.2. The van der Waals surface area contributed by atoms with E-state index in [1.807, 2.05) is 0 Å². The van der Waals surface area contributed by atoms with Crippen LogP contribution in [0.1, 0.15) is 5.56 Å². The van der Waals surface area contributed by atoms with Crippen molar-refractivity contribution in [3.8, 4) is 5.75 Å². The Morgan fingerprint density at radius 1 is 1.24 bits per heavy atom. The van der Waals surface area contributed by atoms with Crippen molar-refractivity contribution in [2.24, 2.45) is 0 Å². The van der Waals surface area contributed by atoms with Crippen molar-refractivity contribution in [1.29, 1.82) is 0 Å². The Hall–Kier alpha value is -2.28. The molecule has 21 heavy (non-hydrogen) atoms. The molecule has 1 aliphatic rings. The van der Waals surface area contributed by atoms with E-state index in [0.29, 0.717) is 5.75 Å². The van der Waals surface area contributed by atoms with Crippen molar-refractivity contribution >= 4 is 35.0 Å². The molecule has 0 radical (unpaired) electrons. The van der Waals surface area contributed by atoms with Crippen LogP contribution in [0.15, 0.2) is 29.2 Å². The van der Waals surface area contributed by atoms with Crippen LogP contribution in [0.4, 0.5) is 4.79 Å². The zero-order valence-electron chi connectivity index (χ0n) is 11.5. The minimum Gasteiger partial charge on any atom is -0.497 e. The first-order valence-corrected chi connectivity index (χ1v) is 6.83. The second kappa shape index (κ2) is 6.45. The van der Waals surface area contributed by atoms with Crippen LogP contribution in [0, 0.1) is 0 Å². The molecule has 2 amide bonds. The number of rotatable bonds is 4. The third kappa shape index (κ3) is 3.43. The molecule has 7 heteroatoms. The highest BCUT2D eigenvalue weighted by Gasteiger charge is 2.36. The van der Waals surface area contributed by atoms with E-state index in [4.69, 9.17) is 4.74 Å². The molecule has 0 spiro atoms. The molecule has 0 aliphatic carbocycles. The number of imide groups is 1. The van der Waals surface area contributed by atoms with E-state index >= 15 is 0 Å². The molecular weight excluding hydrogens is 294 g/mol. The van der Waals surface area contributed by atoms with Crippen molar-refractivity contribution in [3.63, 3.8) is 0 Å². The van der Waals surface area contributed by atoms with E-state index in [1.54, 1.807) is 37.5 Å². The van der Waals surface area contributed by atoms with Crippen molar-refractivity contribution < 1.29 is 23.9 Å². The fraction of sp³-hybridized carbons (Fsp3) is 0.214. The van der Waals surface area contributed by atoms with Gasteiger partial charge in [-0.25, -0.2) is 0 Å². The smallest absolute Gasteiger partial charge is 0.325 e. The summed E-state index contributed by atoms with van der Waals surface area (Å²) in [6, 6.07) is 7.05. The third-order valence-corrected chi connectivity index (χ3v) is 3.71. The van der Waals surface area contributed by atoms with E-state index in [-0.39, 0.29) is 11.4 Å². The lowest BCUT2D eigenvalue weighted by Gasteiger charge is -2.09. The summed E-state index contributed by atoms with van der Waals surface area (Å²) in [7, 11) is 2.77. The third-order valence-electron chi connectivity index (χ3n) is 2.80. The number of carbonyl (C=O) groups is 3. The van der Waals surface area contributed by atoms with Gasteiger partial charge in [-0.2, -0.15) is 0 Å². The maximum absolute atomic E-state index is 12.1. The summed E-state index contributed by atoms with van der Waals surface area (Å²) < 4.78 is 9.50. The molecular formula is C14H13NO5S. The standard InChI is InChI=1S/C14H13NO5S/c1-19-10-5-3-9(4-6-10)7-11-13(17)15(14(18)21-11)8-12(16)20-2/h3-7H,8H2,1-2H3/b11-7-. The minimum absolute atomic E-state index is 0.272. The van der Waals surface area contributed by atoms with Crippen molar-refractivity contribution in [2.75, 3.05) is 20.8 Å². The van der Waals surface area contributed by atoms with Gasteiger partial charge < -0.3 is 9.47 Å². The lowest BCUT2D eigenvalue weighted by Crippen LogP contribution is -2.34. The maximum Gasteiger partial charge on any atom is 0.325 e. The Kier molecular flexibility index (Phi) is 4.64. The monoisotopic (exact) mass is 307 g/mol. The number of ether oxygens (including phenoxy) is 2. The van der Waals surface area contributed by atoms with E-state index in [1.165, 1.54) is 7.11 Å². The number of thioether (sulfide) groups is 1. The Bertz CT molecular complexity index is 608. The van der Waals surface area contributed by atoms with Gasteiger partial charge in [-0.1, -0.05) is 12.1 Å². The average molecular weight is 307 g/mol. The fourth-order valence-corrected chi connectivity index (χ4v) is 2.52. The number of amides is 2. The van der Waals surface area contributed by atoms with Crippen LogP contribution in [-0.4, -0.2) is 42.8 Å². The fourth-order valence-electron chi connectivity index (χ4n) is 1.68. The van der Waals surface area contributed by atoms with Gasteiger partial charge in [0.25, 0.3) is 11.1 Å². The van der Waals surface area contributed by atoms with E-state index in [0.717, 1.165) is 22.2 Å². The van der Waals surface area contributed by atoms with Crippen LogP contribution >= 0.6 is 11.8 Å². The van der Waals surface area contributed by atoms with Crippen LogP contribution in [0.5, 0.6) is 5.75 Å². The lowest BCUT2D eigenvalue weighted by molar-refractivity contribution is -0.143. The van der Waals surface area contributed by atoms with Crippen molar-refractivity contribution in [3.05, 3.63) is 34.7 Å². The molecule has 2 rings (SSSR count). The molecule has 1 aromatic rings. The first kappa shape index (κ1) is 15.1. The van der Waals surface area contributed by atoms with Gasteiger partial charge in [0.05, 0.1) is 19.1 Å². The summed E-state index contributed by atoms with van der Waals surface area (Å²) in [6.07, 6.45) is 1.60. The molecule has 0 bridgehead atoms. The van der Waals surface area contributed by atoms with Crippen LogP contribution in [0.2, 0.25) is 0 Å². The zero-order chi connectivity index (χ0) is 15.4. The first-order valence-electron chi connectivity index (χ1n) is 6.01. The number of carbonyl (C=O) groups excluding carboxylic acids is 3. The summed E-state index contributed by atoms with van der Waals surface area (Å²) in [6.45, 7) is -0.374. The molecule has 6 nitrogen and oxygen atoms in total. The normalized spacial score (nSPS) is 16.5. The molecule has 0 aromatic heterocycles. The topological polar surface area (TPSA) is 72.9 Å².